The van der Waals surface area contributed by atoms with Crippen LogP contribution < -0.4 is 10.5 Å². The molecule has 0 aliphatic carbocycles. The van der Waals surface area contributed by atoms with E-state index in [1.54, 1.807) is 12.3 Å². The maximum Gasteiger partial charge on any atom is 0.237 e. The van der Waals surface area contributed by atoms with Crippen molar-refractivity contribution in [3.05, 3.63) is 54.4 Å². The normalized spacial score (nSPS) is 10.2. The fraction of sp³-hybridized carbons (Fsp3) is 0. The second-order valence-electron chi connectivity index (χ2n) is 4.17. The molecule has 5 nitrogen and oxygen atoms in total. The number of nitrogens with two attached hydrogens (primary N) is 1. The predicted molar refractivity (Wildman–Crippen MR) is 75.2 cm³/mol. The van der Waals surface area contributed by atoms with E-state index in [1.807, 2.05) is 30.3 Å². The molecule has 0 bridgehead atoms. The lowest BCUT2D eigenvalue weighted by Crippen LogP contribution is -1.95. The summed E-state index contributed by atoms with van der Waals surface area (Å²) in [5.74, 6) is 0.775. The number of fused-ring (bicyclic) bond motifs is 1. The Morgan fingerprint density at radius 2 is 2.00 bits per heavy atom. The Bertz CT molecular complexity index is 818. The summed E-state index contributed by atoms with van der Waals surface area (Å²) in [7, 11) is 0. The van der Waals surface area contributed by atoms with Crippen molar-refractivity contribution in [3.63, 3.8) is 0 Å². The van der Waals surface area contributed by atoms with E-state index in [4.69, 9.17) is 15.7 Å². The molecular weight excluding hydrogens is 252 g/mol. The molecule has 0 fully saturated rings. The van der Waals surface area contributed by atoms with Crippen LogP contribution in [0.5, 0.6) is 11.6 Å². The van der Waals surface area contributed by atoms with Crippen LogP contribution >= 0.6 is 0 Å². The van der Waals surface area contributed by atoms with E-state index in [9.17, 15) is 0 Å². The standard InChI is InChI=1S/C15H10N4O/c16-8-11-7-12(17)9-19-15(11)20-13-5-1-3-10-4-2-6-18-14(10)13/h1-7,9H,17H2. The van der Waals surface area contributed by atoms with Gasteiger partial charge in [-0.15, -0.1) is 0 Å². The van der Waals surface area contributed by atoms with E-state index in [0.717, 1.165) is 10.9 Å². The number of para-hydroxylation sites is 1. The van der Waals surface area contributed by atoms with Gasteiger partial charge in [0.25, 0.3) is 0 Å². The lowest BCUT2D eigenvalue weighted by Gasteiger charge is -2.08. The molecule has 3 aromatic rings. The molecule has 0 spiro atoms. The zero-order chi connectivity index (χ0) is 13.9. The van der Waals surface area contributed by atoms with Crippen LogP contribution in [0.3, 0.4) is 0 Å². The minimum Gasteiger partial charge on any atom is -0.435 e. The van der Waals surface area contributed by atoms with Gasteiger partial charge in [-0.1, -0.05) is 18.2 Å². The third kappa shape index (κ3) is 2.10. The molecule has 0 atom stereocenters. The fourth-order valence-electron chi connectivity index (χ4n) is 1.89. The van der Waals surface area contributed by atoms with E-state index >= 15 is 0 Å². The second-order valence-corrected chi connectivity index (χ2v) is 4.17. The molecule has 0 unspecified atom stereocenters. The highest BCUT2D eigenvalue weighted by Gasteiger charge is 2.09. The lowest BCUT2D eigenvalue weighted by atomic mass is 10.2. The van der Waals surface area contributed by atoms with Crippen molar-refractivity contribution in [3.8, 4) is 17.7 Å². The Morgan fingerprint density at radius 3 is 2.85 bits per heavy atom. The van der Waals surface area contributed by atoms with Gasteiger partial charge in [0.05, 0.1) is 11.9 Å². The van der Waals surface area contributed by atoms with Gasteiger partial charge in [-0.2, -0.15) is 5.26 Å². The zero-order valence-electron chi connectivity index (χ0n) is 10.4. The van der Waals surface area contributed by atoms with Crippen LogP contribution in [0, 0.1) is 11.3 Å². The molecule has 0 amide bonds. The van der Waals surface area contributed by atoms with Crippen LogP contribution in [-0.2, 0) is 0 Å². The number of pyridine rings is 2. The number of benzene rings is 1. The van der Waals surface area contributed by atoms with Crippen molar-refractivity contribution >= 4 is 16.6 Å². The van der Waals surface area contributed by atoms with Crippen molar-refractivity contribution in [2.75, 3.05) is 5.73 Å². The average Bonchev–Trinajstić information content (AvgIpc) is 2.49. The molecule has 5 heteroatoms. The number of hydrogen-bond acceptors (Lipinski definition) is 5. The molecule has 2 heterocycles. The maximum absolute atomic E-state index is 9.09. The quantitative estimate of drug-likeness (QED) is 0.767. The van der Waals surface area contributed by atoms with Crippen LogP contribution in [0.2, 0.25) is 0 Å². The molecule has 2 N–H and O–H groups in total. The highest BCUT2D eigenvalue weighted by Crippen LogP contribution is 2.29. The molecule has 0 saturated carbocycles. The largest absolute Gasteiger partial charge is 0.435 e. The molecule has 96 valence electrons. The lowest BCUT2D eigenvalue weighted by molar-refractivity contribution is 0.465. The first kappa shape index (κ1) is 11.9. The van der Waals surface area contributed by atoms with Gasteiger partial charge in [0.2, 0.25) is 5.88 Å². The summed E-state index contributed by atoms with van der Waals surface area (Å²) in [5.41, 5.74) is 7.04. The minimum atomic E-state index is 0.222. The fourth-order valence-corrected chi connectivity index (χ4v) is 1.89. The number of nitriles is 1. The molecule has 0 radical (unpaired) electrons. The van der Waals surface area contributed by atoms with Gasteiger partial charge in [0.1, 0.15) is 17.1 Å². The van der Waals surface area contributed by atoms with E-state index in [2.05, 4.69) is 9.97 Å². The smallest absolute Gasteiger partial charge is 0.237 e. The number of ether oxygens (including phenoxy) is 1. The van der Waals surface area contributed by atoms with Gasteiger partial charge in [-0.25, -0.2) is 4.98 Å². The molecule has 3 rings (SSSR count). The molecule has 2 aromatic heterocycles. The number of aromatic nitrogens is 2. The van der Waals surface area contributed by atoms with E-state index < -0.39 is 0 Å². The van der Waals surface area contributed by atoms with Crippen molar-refractivity contribution in [1.29, 1.82) is 5.26 Å². The number of nitrogen functional groups attached to an aromatic ring is 1. The van der Waals surface area contributed by atoms with Crippen molar-refractivity contribution < 1.29 is 4.74 Å². The van der Waals surface area contributed by atoms with Crippen molar-refractivity contribution in [1.82, 2.24) is 9.97 Å². The first-order valence-electron chi connectivity index (χ1n) is 5.95. The third-order valence-electron chi connectivity index (χ3n) is 2.80. The predicted octanol–water partition coefficient (Wildman–Crippen LogP) is 2.88. The second kappa shape index (κ2) is 4.86. The highest BCUT2D eigenvalue weighted by atomic mass is 16.5. The van der Waals surface area contributed by atoms with Gasteiger partial charge >= 0.3 is 0 Å². The maximum atomic E-state index is 9.09. The van der Waals surface area contributed by atoms with Crippen LogP contribution in [0.15, 0.2) is 48.8 Å². The number of rotatable bonds is 2. The Kier molecular flexibility index (Phi) is 2.90. The summed E-state index contributed by atoms with van der Waals surface area (Å²) in [6, 6.07) is 12.9. The molecular formula is C15H10N4O. The molecule has 1 aromatic carbocycles. The van der Waals surface area contributed by atoms with E-state index in [-0.39, 0.29) is 11.4 Å². The Morgan fingerprint density at radius 1 is 1.15 bits per heavy atom. The third-order valence-corrected chi connectivity index (χ3v) is 2.80. The van der Waals surface area contributed by atoms with Crippen molar-refractivity contribution in [2.45, 2.75) is 0 Å². The van der Waals surface area contributed by atoms with Crippen LogP contribution in [0.4, 0.5) is 5.69 Å². The Balaban J connectivity index is 2.08. The Labute approximate surface area is 115 Å². The van der Waals surface area contributed by atoms with Gasteiger partial charge in [0, 0.05) is 11.6 Å². The summed E-state index contributed by atoms with van der Waals surface area (Å²) in [5, 5.41) is 10.1. The zero-order valence-corrected chi connectivity index (χ0v) is 10.4. The molecule has 20 heavy (non-hydrogen) atoms. The summed E-state index contributed by atoms with van der Waals surface area (Å²) in [4.78, 5) is 8.34. The highest BCUT2D eigenvalue weighted by molar-refractivity contribution is 5.84. The number of nitrogens with zero attached hydrogens (tertiary/aromatic N) is 3. The van der Waals surface area contributed by atoms with Gasteiger partial charge in [0.15, 0.2) is 5.75 Å². The van der Waals surface area contributed by atoms with Crippen LogP contribution in [0.25, 0.3) is 10.9 Å². The Hall–Kier alpha value is -3.13. The molecule has 0 aliphatic heterocycles. The van der Waals surface area contributed by atoms with Gasteiger partial charge < -0.3 is 10.5 Å². The molecule has 0 saturated heterocycles. The number of hydrogen-bond donors (Lipinski definition) is 1. The average molecular weight is 262 g/mol. The monoisotopic (exact) mass is 262 g/mol. The van der Waals surface area contributed by atoms with Crippen molar-refractivity contribution in [2.24, 2.45) is 0 Å². The summed E-state index contributed by atoms with van der Waals surface area (Å²) in [6.45, 7) is 0. The van der Waals surface area contributed by atoms with Gasteiger partial charge in [-0.3, -0.25) is 4.98 Å². The number of anilines is 1. The topological polar surface area (TPSA) is 84.8 Å². The van der Waals surface area contributed by atoms with E-state index in [0.29, 0.717) is 11.4 Å². The van der Waals surface area contributed by atoms with E-state index in [1.165, 1.54) is 12.3 Å². The SMILES string of the molecule is N#Cc1cc(N)cnc1Oc1cccc2cccnc12. The first-order valence-corrected chi connectivity index (χ1v) is 5.95. The summed E-state index contributed by atoms with van der Waals surface area (Å²) >= 11 is 0. The first-order chi connectivity index (χ1) is 9.78. The van der Waals surface area contributed by atoms with Crippen LogP contribution in [-0.4, -0.2) is 9.97 Å². The molecule has 0 aliphatic rings. The summed E-state index contributed by atoms with van der Waals surface area (Å²) < 4.78 is 5.72. The minimum absolute atomic E-state index is 0.222. The van der Waals surface area contributed by atoms with Crippen LogP contribution in [0.1, 0.15) is 5.56 Å². The summed E-state index contributed by atoms with van der Waals surface area (Å²) in [6.07, 6.45) is 3.14. The van der Waals surface area contributed by atoms with Gasteiger partial charge in [-0.05, 0) is 18.2 Å².